The van der Waals surface area contributed by atoms with Gasteiger partial charge in [-0.15, -0.1) is 0 Å². The van der Waals surface area contributed by atoms with Crippen molar-refractivity contribution in [3.8, 4) is 5.75 Å². The van der Waals surface area contributed by atoms with Crippen molar-refractivity contribution in [1.29, 1.82) is 0 Å². The fourth-order valence-electron chi connectivity index (χ4n) is 2.77. The largest absolute Gasteiger partial charge is 0.496 e. The number of amides is 1. The van der Waals surface area contributed by atoms with E-state index in [1.807, 2.05) is 36.9 Å². The molecule has 3 nitrogen and oxygen atoms in total. The molecular weight excluding hydrogens is 282 g/mol. The van der Waals surface area contributed by atoms with Gasteiger partial charge in [0.2, 0.25) is 5.91 Å². The van der Waals surface area contributed by atoms with Gasteiger partial charge in [-0.1, -0.05) is 25.0 Å². The highest BCUT2D eigenvalue weighted by Gasteiger charge is 2.14. The Morgan fingerprint density at radius 3 is 2.81 bits per heavy atom. The van der Waals surface area contributed by atoms with Crippen molar-refractivity contribution >= 4 is 17.7 Å². The van der Waals surface area contributed by atoms with Crippen molar-refractivity contribution in [2.75, 3.05) is 19.4 Å². The van der Waals surface area contributed by atoms with Gasteiger partial charge in [-0.05, 0) is 37.0 Å². The highest BCUT2D eigenvalue weighted by atomic mass is 32.2. The van der Waals surface area contributed by atoms with Crippen LogP contribution in [0.15, 0.2) is 18.2 Å². The van der Waals surface area contributed by atoms with E-state index in [1.165, 1.54) is 25.7 Å². The van der Waals surface area contributed by atoms with E-state index < -0.39 is 0 Å². The van der Waals surface area contributed by atoms with Gasteiger partial charge in [0.25, 0.3) is 0 Å². The highest BCUT2D eigenvalue weighted by molar-refractivity contribution is 7.99. The topological polar surface area (TPSA) is 38.3 Å². The monoisotopic (exact) mass is 307 g/mol. The van der Waals surface area contributed by atoms with Gasteiger partial charge in [0, 0.05) is 17.5 Å². The number of rotatable bonds is 7. The molecule has 1 saturated carbocycles. The summed E-state index contributed by atoms with van der Waals surface area (Å²) < 4.78 is 5.23. The van der Waals surface area contributed by atoms with E-state index >= 15 is 0 Å². The maximum Gasteiger partial charge on any atom is 0.224 e. The lowest BCUT2D eigenvalue weighted by Crippen LogP contribution is -2.27. The summed E-state index contributed by atoms with van der Waals surface area (Å²) in [5.41, 5.74) is 2.11. The predicted octanol–water partition coefficient (Wildman–Crippen LogP) is 3.34. The van der Waals surface area contributed by atoms with Crippen LogP contribution in [0, 0.1) is 6.92 Å². The van der Waals surface area contributed by atoms with E-state index in [0.29, 0.717) is 6.42 Å². The number of ether oxygens (including phenoxy) is 1. The zero-order valence-electron chi connectivity index (χ0n) is 13.0. The van der Waals surface area contributed by atoms with Crippen LogP contribution >= 0.6 is 11.8 Å². The second-order valence-electron chi connectivity index (χ2n) is 5.61. The normalized spacial score (nSPS) is 15.1. The zero-order chi connectivity index (χ0) is 15.1. The van der Waals surface area contributed by atoms with Crippen molar-refractivity contribution in [2.24, 2.45) is 0 Å². The van der Waals surface area contributed by atoms with Gasteiger partial charge in [-0.25, -0.2) is 0 Å². The summed E-state index contributed by atoms with van der Waals surface area (Å²) in [6.45, 7) is 2.77. The predicted molar refractivity (Wildman–Crippen MR) is 89.2 cm³/mol. The van der Waals surface area contributed by atoms with Gasteiger partial charge in [0.1, 0.15) is 5.75 Å². The Balaban J connectivity index is 1.67. The maximum atomic E-state index is 11.9. The first kappa shape index (κ1) is 16.2. The van der Waals surface area contributed by atoms with Gasteiger partial charge < -0.3 is 10.1 Å². The Morgan fingerprint density at radius 2 is 2.14 bits per heavy atom. The van der Waals surface area contributed by atoms with Gasteiger partial charge in [-0.2, -0.15) is 11.8 Å². The van der Waals surface area contributed by atoms with Gasteiger partial charge in [0.05, 0.1) is 13.5 Å². The van der Waals surface area contributed by atoms with Gasteiger partial charge >= 0.3 is 0 Å². The lowest BCUT2D eigenvalue weighted by Gasteiger charge is -2.10. The van der Waals surface area contributed by atoms with E-state index in [1.54, 1.807) is 7.11 Å². The molecule has 116 valence electrons. The molecule has 2 rings (SSSR count). The highest BCUT2D eigenvalue weighted by Crippen LogP contribution is 2.28. The summed E-state index contributed by atoms with van der Waals surface area (Å²) in [6.07, 6.45) is 5.90. The van der Waals surface area contributed by atoms with Crippen molar-refractivity contribution in [3.05, 3.63) is 29.3 Å². The standard InChI is InChI=1S/C17H25NO2S/c1-13-11-14(7-8-16(13)20-2)12-17(19)18-9-10-21-15-5-3-4-6-15/h7-8,11,15H,3-6,9-10,12H2,1-2H3,(H,18,19). The summed E-state index contributed by atoms with van der Waals surface area (Å²) in [6, 6.07) is 5.90. The van der Waals surface area contributed by atoms with Crippen LogP contribution < -0.4 is 10.1 Å². The number of carbonyl (C=O) groups excluding carboxylic acids is 1. The third-order valence-electron chi connectivity index (χ3n) is 3.90. The Morgan fingerprint density at radius 1 is 1.38 bits per heavy atom. The molecule has 1 aliphatic rings. The second-order valence-corrected chi connectivity index (χ2v) is 7.02. The number of hydrogen-bond donors (Lipinski definition) is 1. The average Bonchev–Trinajstić information content (AvgIpc) is 2.97. The maximum absolute atomic E-state index is 11.9. The SMILES string of the molecule is COc1ccc(CC(=O)NCCSC2CCCC2)cc1C. The molecule has 0 saturated heterocycles. The molecule has 0 spiro atoms. The fraction of sp³-hybridized carbons (Fsp3) is 0.588. The molecule has 0 unspecified atom stereocenters. The second kappa shape index (κ2) is 8.32. The molecule has 1 aromatic carbocycles. The van der Waals surface area contributed by atoms with E-state index in [-0.39, 0.29) is 5.91 Å². The zero-order valence-corrected chi connectivity index (χ0v) is 13.8. The number of benzene rings is 1. The quantitative estimate of drug-likeness (QED) is 0.785. The number of nitrogens with one attached hydrogen (secondary N) is 1. The van der Waals surface area contributed by atoms with E-state index in [4.69, 9.17) is 4.74 Å². The fourth-order valence-corrected chi connectivity index (χ4v) is 3.99. The Hall–Kier alpha value is -1.16. The average molecular weight is 307 g/mol. The molecule has 4 heteroatoms. The molecule has 0 atom stereocenters. The molecule has 0 heterocycles. The smallest absolute Gasteiger partial charge is 0.224 e. The minimum Gasteiger partial charge on any atom is -0.496 e. The first-order valence-corrected chi connectivity index (χ1v) is 8.75. The van der Waals surface area contributed by atoms with Crippen LogP contribution in [0.3, 0.4) is 0 Å². The van der Waals surface area contributed by atoms with Crippen molar-refractivity contribution in [2.45, 2.75) is 44.3 Å². The molecule has 1 aromatic rings. The Bertz CT molecular complexity index is 470. The molecule has 1 aliphatic carbocycles. The van der Waals surface area contributed by atoms with Crippen LogP contribution in [0.4, 0.5) is 0 Å². The summed E-state index contributed by atoms with van der Waals surface area (Å²) in [5.74, 6) is 2.00. The number of thioether (sulfide) groups is 1. The lowest BCUT2D eigenvalue weighted by atomic mass is 10.1. The van der Waals surface area contributed by atoms with Crippen molar-refractivity contribution in [1.82, 2.24) is 5.32 Å². The number of carbonyl (C=O) groups is 1. The lowest BCUT2D eigenvalue weighted by molar-refractivity contribution is -0.120. The molecular formula is C17H25NO2S. The van der Waals surface area contributed by atoms with Crippen LogP contribution in [-0.2, 0) is 11.2 Å². The summed E-state index contributed by atoms with van der Waals surface area (Å²) >= 11 is 2.01. The first-order valence-electron chi connectivity index (χ1n) is 7.71. The van der Waals surface area contributed by atoms with Crippen molar-refractivity contribution in [3.63, 3.8) is 0 Å². The molecule has 0 bridgehead atoms. The molecule has 0 aromatic heterocycles. The number of methoxy groups -OCH3 is 1. The third-order valence-corrected chi connectivity index (χ3v) is 5.29. The number of aryl methyl sites for hydroxylation is 1. The summed E-state index contributed by atoms with van der Waals surface area (Å²) in [7, 11) is 1.66. The minimum absolute atomic E-state index is 0.103. The van der Waals surface area contributed by atoms with E-state index in [2.05, 4.69) is 5.32 Å². The molecule has 1 fully saturated rings. The van der Waals surface area contributed by atoms with E-state index in [0.717, 1.165) is 34.4 Å². The summed E-state index contributed by atoms with van der Waals surface area (Å²) in [5, 5.41) is 3.84. The van der Waals surface area contributed by atoms with Crippen LogP contribution in [0.1, 0.15) is 36.8 Å². The molecule has 0 radical (unpaired) electrons. The van der Waals surface area contributed by atoms with Crippen LogP contribution in [-0.4, -0.2) is 30.6 Å². The van der Waals surface area contributed by atoms with Gasteiger partial charge in [0.15, 0.2) is 0 Å². The van der Waals surface area contributed by atoms with E-state index in [9.17, 15) is 4.79 Å². The molecule has 0 aliphatic heterocycles. The minimum atomic E-state index is 0.103. The third kappa shape index (κ3) is 5.27. The first-order chi connectivity index (χ1) is 10.2. The van der Waals surface area contributed by atoms with Crippen LogP contribution in [0.2, 0.25) is 0 Å². The van der Waals surface area contributed by atoms with Crippen molar-refractivity contribution < 1.29 is 9.53 Å². The number of hydrogen-bond acceptors (Lipinski definition) is 3. The van der Waals surface area contributed by atoms with Crippen LogP contribution in [0.5, 0.6) is 5.75 Å². The van der Waals surface area contributed by atoms with Crippen LogP contribution in [0.25, 0.3) is 0 Å². The molecule has 1 N–H and O–H groups in total. The molecule has 1 amide bonds. The summed E-state index contributed by atoms with van der Waals surface area (Å²) in [4.78, 5) is 11.9. The van der Waals surface area contributed by atoms with Gasteiger partial charge in [-0.3, -0.25) is 4.79 Å². The Kier molecular flexibility index (Phi) is 6.43. The Labute approximate surface area is 131 Å². The molecule has 21 heavy (non-hydrogen) atoms.